The molecular formula is C91H108Cl3N11O35P2. The van der Waals surface area contributed by atoms with Crippen molar-refractivity contribution in [2.75, 3.05) is 27.0 Å². The summed E-state index contributed by atoms with van der Waals surface area (Å²) < 4.78 is 87.5. The van der Waals surface area contributed by atoms with Crippen LogP contribution >= 0.6 is 50.0 Å². The maximum absolute atomic E-state index is 16.8. The fraction of sp³-hybridized carbons (Fsp3) is 0.440. The Balaban J connectivity index is 0.998. The van der Waals surface area contributed by atoms with Crippen LogP contribution in [0, 0.1) is 5.92 Å². The smallest absolute Gasteiger partial charge is 0.410 e. The van der Waals surface area contributed by atoms with Gasteiger partial charge in [0, 0.05) is 71.2 Å². The number of ether oxygens (including phenoxy) is 10. The molecule has 0 radical (unpaired) electrons. The van der Waals surface area contributed by atoms with Gasteiger partial charge in [0.15, 0.2) is 36.2 Å². The van der Waals surface area contributed by atoms with Crippen LogP contribution in [0.2, 0.25) is 15.1 Å². The second-order valence-electron chi connectivity index (χ2n) is 35.9. The van der Waals surface area contributed by atoms with Crippen LogP contribution in [0.15, 0.2) is 127 Å². The van der Waals surface area contributed by atoms with Crippen LogP contribution in [0.4, 0.5) is 4.79 Å². The van der Waals surface area contributed by atoms with Crippen LogP contribution in [0.25, 0.3) is 22.3 Å². The van der Waals surface area contributed by atoms with E-state index in [2.05, 4.69) is 42.5 Å². The molecule has 7 aromatic rings. The predicted molar refractivity (Wildman–Crippen MR) is 497 cm³/mol. The van der Waals surface area contributed by atoms with Crippen molar-refractivity contribution in [2.45, 2.75) is 219 Å². The Kier molecular flexibility index (Phi) is 33.7. The lowest BCUT2D eigenvalue weighted by atomic mass is 9.84. The largest absolute Gasteiger partial charge is 0.508 e. The summed E-state index contributed by atoms with van der Waals surface area (Å²) in [5.74, 6) is -17.5. The molecule has 8 amide bonds. The van der Waals surface area contributed by atoms with Gasteiger partial charge in [-0.3, -0.25) is 42.7 Å². The number of aliphatic hydroxyl groups is 7. The molecule has 0 aliphatic carbocycles. The molecule has 142 heavy (non-hydrogen) atoms. The summed E-state index contributed by atoms with van der Waals surface area (Å²) in [6.45, 7) is 6.06. The number of carbonyl (C=O) groups is 9. The maximum Gasteiger partial charge on any atom is 0.410 e. The Bertz CT molecular complexity index is 5990. The zero-order valence-electron chi connectivity index (χ0n) is 76.6. The SMILES string of the molecule is CN[C@H](CC(C)C)C(=O)N[C@H]1C(=O)N[C@@H](CC(N)=O)C(=O)N[C@H]2C(=O)N[C@H]3C(=O)N[C@H](C(=O)N[C@H](C(=O)OCOC(=O)NCCC(O)(P(=O)(O)O)P(=O)(O)O)c4cc(O)cc(O)c4-c4cc3ccc4O)[C@H](O[C@H]3C[C@](C)(N)[C@@H](O)[C@H](C)O3)c3ccc(c(Cl)c3)Oc3cc2cc(c3O[C@@H]2O[C@H](CO)[C@@H](O)[C@H](O)[C@H]2O[C@H]2C[C@](C)(NCc3ccc(-c4ccc(Cl)cc4)cc3)[C@@H](O)[C@H](C)O2)Oc2ccc(cc2Cl)[C@H]1O. The summed E-state index contributed by atoms with van der Waals surface area (Å²) in [5.41, 5.74) is 8.57. The molecule has 0 unspecified atom stereocenters. The summed E-state index contributed by atoms with van der Waals surface area (Å²) >= 11 is 20.9. The van der Waals surface area contributed by atoms with Gasteiger partial charge < -0.3 is 177 Å². The fourth-order valence-corrected chi connectivity index (χ4v) is 20.0. The lowest BCUT2D eigenvalue weighted by Crippen LogP contribution is -2.65. The van der Waals surface area contributed by atoms with Crippen LogP contribution in [0.3, 0.4) is 0 Å². The molecular weight excluding hydrogens is 1980 g/mol. The molecule has 768 valence electrons. The van der Waals surface area contributed by atoms with Gasteiger partial charge in [-0.2, -0.15) is 0 Å². The number of phenols is 3. The quantitative estimate of drug-likeness (QED) is 0.0210. The molecule has 51 heteroatoms. The van der Waals surface area contributed by atoms with Crippen molar-refractivity contribution in [3.05, 3.63) is 176 Å². The molecule has 0 aromatic heterocycles. The lowest BCUT2D eigenvalue weighted by molar-refractivity contribution is -0.334. The third kappa shape index (κ3) is 24.3. The van der Waals surface area contributed by atoms with Gasteiger partial charge in [0.25, 0.3) is 5.08 Å². The molecule has 0 saturated carbocycles. The zero-order chi connectivity index (χ0) is 104. The molecule has 0 spiro atoms. The Morgan fingerprint density at radius 2 is 1.23 bits per heavy atom. The number of carbonyl (C=O) groups excluding carboxylic acids is 9. The maximum atomic E-state index is 16.8. The number of aliphatic hydroxyl groups excluding tert-OH is 6. The molecule has 3 saturated heterocycles. The van der Waals surface area contributed by atoms with E-state index in [0.717, 1.165) is 77.4 Å². The third-order valence-electron chi connectivity index (χ3n) is 25.0. The van der Waals surface area contributed by atoms with Crippen molar-refractivity contribution in [1.29, 1.82) is 0 Å². The number of benzene rings is 7. The van der Waals surface area contributed by atoms with Crippen molar-refractivity contribution in [3.63, 3.8) is 0 Å². The number of rotatable bonds is 26. The highest BCUT2D eigenvalue weighted by atomic mass is 35.5. The Morgan fingerprint density at radius 3 is 1.82 bits per heavy atom. The van der Waals surface area contributed by atoms with Gasteiger partial charge >= 0.3 is 27.3 Å². The number of hydrogen-bond acceptors (Lipinski definition) is 34. The molecule has 27 N–H and O–H groups in total. The highest BCUT2D eigenvalue weighted by Gasteiger charge is 2.60. The van der Waals surface area contributed by atoms with E-state index in [-0.39, 0.29) is 36.4 Å². The Hall–Kier alpha value is -11.1. The predicted octanol–water partition coefficient (Wildman–Crippen LogP) is 3.03. The molecule has 7 aromatic carbocycles. The number of fused-ring (bicyclic) bond motifs is 15. The minimum atomic E-state index is -6.07. The fourth-order valence-electron chi connectivity index (χ4n) is 17.2. The summed E-state index contributed by atoms with van der Waals surface area (Å²) in [6, 6.07) is 12.6. The summed E-state index contributed by atoms with van der Waals surface area (Å²) in [4.78, 5) is 176. The molecule has 8 aliphatic heterocycles. The van der Waals surface area contributed by atoms with E-state index >= 15 is 28.8 Å². The second-order valence-corrected chi connectivity index (χ2v) is 41.2. The number of amides is 8. The van der Waals surface area contributed by atoms with E-state index in [9.17, 15) is 94.2 Å². The van der Waals surface area contributed by atoms with Crippen LogP contribution in [0.1, 0.15) is 137 Å². The zero-order valence-corrected chi connectivity index (χ0v) is 80.7. The first kappa shape index (κ1) is 108. The molecule has 11 bridgehead atoms. The standard InChI is InChI=1S/C91H108Cl3N11O35P2/c1-38(2)24-54(97-7)80(116)104-70-72(111)45-15-20-58(52(93)26-45)135-60-28-47-29-61(76(60)140-87-77(74(113)73(112)62(36-106)137-87)139-65-34-90(6,79(115)40(4)134-65)99-35-41-8-10-42(11-9-41)43-12-17-48(92)18-13-43)136-59-21-16-46(27-53(59)94)75(138-64-33-89(5,96)78(114)39(3)133-64)71-85(121)103-69(86(122)131-37-132-88(123)98-23-22-91(124,141(125,126)127)142(128,129)130)51-30-49(107)31-57(109)66(51)50-25-44(14-19-56(50)108)67(82(118)105-71)102-83(119)68(47)101-81(117)55(32-63(95)110)100-84(70)120/h8-21,25-31,38-40,54-55,62,64-65,67-75,77-79,87,97,99,106-109,111-115,124H,22-24,32-37,96H2,1-7H3,(H2,95,110)(H,98,123)(H,100,120)(H,101,117)(H,102,119)(H,103,121)(H,104,116)(H,105,118)(H2,125,126,127)(H2,128,129,130)/t39-,40-,54+,55-,62+,64-,65-,67+,68+,69-,70+,71-,72+,73+,74-,75+,77+,78-,79-,87-,89-,90-/m0/s1. The number of aromatic hydroxyl groups is 3. The topological polar surface area (TPSA) is 724 Å². The van der Waals surface area contributed by atoms with E-state index in [4.69, 9.17) is 93.6 Å². The van der Waals surface area contributed by atoms with Gasteiger partial charge in [-0.15, -0.1) is 0 Å². The molecule has 8 heterocycles. The van der Waals surface area contributed by atoms with Gasteiger partial charge in [-0.25, -0.2) is 9.59 Å². The first-order valence-electron chi connectivity index (χ1n) is 44.3. The second kappa shape index (κ2) is 44.3. The van der Waals surface area contributed by atoms with E-state index < -0.39 is 330 Å². The number of halogens is 3. The number of nitrogens with two attached hydrogens (primary N) is 2. The number of nitrogens with one attached hydrogen (secondary N) is 9. The minimum Gasteiger partial charge on any atom is -0.508 e. The van der Waals surface area contributed by atoms with Crippen molar-refractivity contribution >= 4 is 103 Å². The first-order chi connectivity index (χ1) is 66.8. The molecule has 3 fully saturated rings. The van der Waals surface area contributed by atoms with Gasteiger partial charge in [0.05, 0.1) is 53.5 Å². The molecule has 46 nitrogen and oxygen atoms in total. The lowest BCUT2D eigenvalue weighted by Gasteiger charge is -2.48. The summed E-state index contributed by atoms with van der Waals surface area (Å²) in [7, 11) is -10.7. The van der Waals surface area contributed by atoms with Gasteiger partial charge in [-0.1, -0.05) is 103 Å². The Labute approximate surface area is 824 Å². The van der Waals surface area contributed by atoms with Crippen LogP contribution in [0.5, 0.6) is 46.0 Å². The molecule has 8 aliphatic rings. The number of primary amides is 1. The van der Waals surface area contributed by atoms with Gasteiger partial charge in [0.1, 0.15) is 89.5 Å². The Morgan fingerprint density at radius 1 is 0.641 bits per heavy atom. The third-order valence-corrected chi connectivity index (χ3v) is 29.7. The van der Waals surface area contributed by atoms with Crippen LogP contribution in [-0.4, -0.2) is 259 Å². The highest BCUT2D eigenvalue weighted by molar-refractivity contribution is 7.72. The van der Waals surface area contributed by atoms with Crippen molar-refractivity contribution in [2.24, 2.45) is 17.4 Å². The van der Waals surface area contributed by atoms with Crippen molar-refractivity contribution in [3.8, 4) is 68.2 Å². The van der Waals surface area contributed by atoms with Crippen molar-refractivity contribution < 1.29 is 170 Å². The summed E-state index contributed by atoms with van der Waals surface area (Å²) in [6.07, 6.45) is -27.4. The van der Waals surface area contributed by atoms with E-state index in [1.54, 1.807) is 32.9 Å². The highest BCUT2D eigenvalue weighted by Crippen LogP contribution is 2.69. The van der Waals surface area contributed by atoms with Gasteiger partial charge in [-0.05, 0) is 153 Å². The first-order valence-corrected chi connectivity index (χ1v) is 48.7. The molecule has 22 atom stereocenters. The number of esters is 1. The summed E-state index contributed by atoms with van der Waals surface area (Å²) in [5, 5.41) is 136. The van der Waals surface area contributed by atoms with Crippen LogP contribution < -0.4 is 73.5 Å². The van der Waals surface area contributed by atoms with E-state index in [1.165, 1.54) is 40.0 Å². The normalized spacial score (nSPS) is 27.9. The number of hydrogen-bond donors (Lipinski definition) is 25. The monoisotopic (exact) mass is 2080 g/mol. The van der Waals surface area contributed by atoms with E-state index in [0.29, 0.717) is 11.1 Å². The van der Waals surface area contributed by atoms with Gasteiger partial charge in [0.2, 0.25) is 60.2 Å². The minimum absolute atomic E-state index is 0.152. The van der Waals surface area contributed by atoms with Crippen molar-refractivity contribution in [1.82, 2.24) is 47.9 Å². The number of phenolic OH excluding ortho intramolecular Hbond substituents is 3. The number of alkyl carbamates (subject to hydrolysis) is 1. The van der Waals surface area contributed by atoms with Crippen LogP contribution in [-0.2, 0) is 87.2 Å². The van der Waals surface area contributed by atoms with E-state index in [1.807, 2.05) is 41.7 Å². The molecule has 15 rings (SSSR count). The average molecular weight is 2080 g/mol. The number of likely N-dealkylation sites (N-methyl/N-ethyl adjacent to an activating group) is 1. The average Bonchev–Trinajstić information content (AvgIpc) is 0.753.